The Bertz CT molecular complexity index is 234. The number of nitrogen functional groups attached to an aromatic ring is 1. The molecule has 1 rings (SSSR count). The Balaban J connectivity index is 3.34. The minimum atomic E-state index is -0.0579. The summed E-state index contributed by atoms with van der Waals surface area (Å²) in [7, 11) is 0. The summed E-state index contributed by atoms with van der Waals surface area (Å²) < 4.78 is 0.994. The number of hydrogen-bond acceptors (Lipinski definition) is 3. The van der Waals surface area contributed by atoms with Crippen molar-refractivity contribution in [3.8, 4) is 0 Å². The Hall–Kier alpha value is -1.52. The Morgan fingerprint density at radius 1 is 1.30 bits per heavy atom. The fraction of sp³-hybridized carbons (Fsp3) is 0.200. The average Bonchev–Trinajstić information content (AvgIpc) is 1.93. The lowest BCUT2D eigenvalue weighted by Crippen LogP contribution is -2.41. The zero-order valence-corrected chi connectivity index (χ0v) is 5.44. The predicted molar refractivity (Wildman–Crippen MR) is 33.5 cm³/mol. The summed E-state index contributed by atoms with van der Waals surface area (Å²) in [5, 5.41) is 21.3. The standard InChI is InChI=1S/C5H7N3O2/c1-4-5(6)8(10)3-2-7(4)9/h2-3H,6H2,1H3. The van der Waals surface area contributed by atoms with Gasteiger partial charge in [-0.3, -0.25) is 5.73 Å². The smallest absolute Gasteiger partial charge is 0.345 e. The molecule has 1 heterocycles. The lowest BCUT2D eigenvalue weighted by atomic mass is 10.4. The van der Waals surface area contributed by atoms with Crippen LogP contribution >= 0.6 is 0 Å². The maximum absolute atomic E-state index is 10.7. The van der Waals surface area contributed by atoms with Crippen LogP contribution in [0.25, 0.3) is 0 Å². The normalized spacial score (nSPS) is 9.70. The van der Waals surface area contributed by atoms with Crippen molar-refractivity contribution in [2.75, 3.05) is 5.73 Å². The van der Waals surface area contributed by atoms with Crippen molar-refractivity contribution in [2.45, 2.75) is 6.92 Å². The number of nitrogens with two attached hydrogens (primary N) is 1. The number of hydrogen-bond donors (Lipinski definition) is 1. The van der Waals surface area contributed by atoms with Gasteiger partial charge >= 0.3 is 5.82 Å². The first-order valence-electron chi connectivity index (χ1n) is 2.70. The van der Waals surface area contributed by atoms with Gasteiger partial charge in [0, 0.05) is 6.92 Å². The summed E-state index contributed by atoms with van der Waals surface area (Å²) in [5.41, 5.74) is 5.43. The molecule has 5 nitrogen and oxygen atoms in total. The molecule has 0 aliphatic carbocycles. The second kappa shape index (κ2) is 2.02. The Kier molecular flexibility index (Phi) is 1.33. The van der Waals surface area contributed by atoms with E-state index >= 15 is 0 Å². The summed E-state index contributed by atoms with van der Waals surface area (Å²) in [5.74, 6) is -0.0579. The molecule has 0 aliphatic heterocycles. The summed E-state index contributed by atoms with van der Waals surface area (Å²) in [6, 6.07) is 0. The van der Waals surface area contributed by atoms with Crippen LogP contribution in [0.15, 0.2) is 12.4 Å². The number of rotatable bonds is 0. The summed E-state index contributed by atoms with van der Waals surface area (Å²) in [4.78, 5) is 0. The molecule has 0 atom stereocenters. The molecule has 0 aromatic carbocycles. The number of aromatic nitrogens is 2. The molecule has 0 spiro atoms. The van der Waals surface area contributed by atoms with E-state index in [9.17, 15) is 10.4 Å². The summed E-state index contributed by atoms with van der Waals surface area (Å²) >= 11 is 0. The molecule has 1 aromatic heterocycles. The van der Waals surface area contributed by atoms with E-state index in [1.165, 1.54) is 6.92 Å². The van der Waals surface area contributed by atoms with Crippen LogP contribution < -0.4 is 15.2 Å². The van der Waals surface area contributed by atoms with Crippen molar-refractivity contribution < 1.29 is 9.46 Å². The van der Waals surface area contributed by atoms with E-state index in [0.29, 0.717) is 9.46 Å². The highest BCUT2D eigenvalue weighted by molar-refractivity contribution is 5.22. The second-order valence-corrected chi connectivity index (χ2v) is 1.92. The Labute approximate surface area is 57.5 Å². The fourth-order valence-electron chi connectivity index (χ4n) is 0.586. The van der Waals surface area contributed by atoms with Crippen molar-refractivity contribution in [1.29, 1.82) is 0 Å². The van der Waals surface area contributed by atoms with Gasteiger partial charge in [-0.1, -0.05) is 0 Å². The number of nitrogens with zero attached hydrogens (tertiary/aromatic N) is 2. The van der Waals surface area contributed by atoms with Crippen molar-refractivity contribution >= 4 is 5.82 Å². The molecule has 0 saturated heterocycles. The lowest BCUT2D eigenvalue weighted by molar-refractivity contribution is -0.659. The van der Waals surface area contributed by atoms with Crippen LogP contribution in [0.2, 0.25) is 0 Å². The predicted octanol–water partition coefficient (Wildman–Crippen LogP) is -1.16. The maximum Gasteiger partial charge on any atom is 0.345 e. The monoisotopic (exact) mass is 141 g/mol. The Morgan fingerprint density at radius 2 is 1.80 bits per heavy atom. The zero-order valence-electron chi connectivity index (χ0n) is 5.44. The van der Waals surface area contributed by atoms with Crippen molar-refractivity contribution in [1.82, 2.24) is 0 Å². The quantitative estimate of drug-likeness (QED) is 0.365. The highest BCUT2D eigenvalue weighted by Crippen LogP contribution is 1.93. The van der Waals surface area contributed by atoms with Crippen LogP contribution in [0.4, 0.5) is 5.82 Å². The van der Waals surface area contributed by atoms with E-state index in [1.54, 1.807) is 0 Å². The van der Waals surface area contributed by atoms with Crippen molar-refractivity contribution in [3.63, 3.8) is 0 Å². The molecular weight excluding hydrogens is 134 g/mol. The van der Waals surface area contributed by atoms with Crippen LogP contribution in [0.5, 0.6) is 0 Å². The molecule has 0 aliphatic rings. The van der Waals surface area contributed by atoms with Gasteiger partial charge in [-0.05, 0) is 0 Å². The van der Waals surface area contributed by atoms with Gasteiger partial charge in [0.1, 0.15) is 0 Å². The third kappa shape index (κ3) is 0.812. The van der Waals surface area contributed by atoms with Gasteiger partial charge in [0.25, 0.3) is 5.69 Å². The molecule has 0 bridgehead atoms. The van der Waals surface area contributed by atoms with Crippen LogP contribution in [0.1, 0.15) is 5.69 Å². The van der Waals surface area contributed by atoms with Gasteiger partial charge in [-0.2, -0.15) is 4.73 Å². The summed E-state index contributed by atoms with van der Waals surface area (Å²) in [6.45, 7) is 1.48. The van der Waals surface area contributed by atoms with E-state index in [1.807, 2.05) is 0 Å². The molecule has 0 fully saturated rings. The highest BCUT2D eigenvalue weighted by atomic mass is 16.5. The molecule has 5 heteroatoms. The van der Waals surface area contributed by atoms with Crippen molar-refractivity contribution in [2.24, 2.45) is 0 Å². The van der Waals surface area contributed by atoms with Gasteiger partial charge in [-0.15, -0.1) is 0 Å². The molecule has 0 radical (unpaired) electrons. The van der Waals surface area contributed by atoms with E-state index in [4.69, 9.17) is 5.73 Å². The first-order chi connectivity index (χ1) is 4.63. The van der Waals surface area contributed by atoms with Crippen LogP contribution in [-0.4, -0.2) is 0 Å². The van der Waals surface area contributed by atoms with Gasteiger partial charge < -0.3 is 10.4 Å². The van der Waals surface area contributed by atoms with Gasteiger partial charge in [-0.25, -0.2) is 4.73 Å². The minimum absolute atomic E-state index is 0.0579. The molecule has 1 aromatic rings. The SMILES string of the molecule is Cc1c(N)[n+]([O-])cc[n+]1[O-]. The fourth-order valence-corrected chi connectivity index (χ4v) is 0.586. The maximum atomic E-state index is 10.7. The molecule has 2 N–H and O–H groups in total. The molecule has 10 heavy (non-hydrogen) atoms. The van der Waals surface area contributed by atoms with E-state index < -0.39 is 0 Å². The van der Waals surface area contributed by atoms with Crippen molar-refractivity contribution in [3.05, 3.63) is 28.5 Å². The molecule has 0 amide bonds. The van der Waals surface area contributed by atoms with Gasteiger partial charge in [0.05, 0.1) is 0 Å². The minimum Gasteiger partial charge on any atom is -0.710 e. The highest BCUT2D eigenvalue weighted by Gasteiger charge is 2.10. The summed E-state index contributed by atoms with van der Waals surface area (Å²) in [6.07, 6.45) is 2.17. The van der Waals surface area contributed by atoms with Crippen LogP contribution in [0.3, 0.4) is 0 Å². The lowest BCUT2D eigenvalue weighted by Gasteiger charge is -2.05. The number of anilines is 1. The van der Waals surface area contributed by atoms with E-state index in [-0.39, 0.29) is 11.5 Å². The first-order valence-corrected chi connectivity index (χ1v) is 2.70. The third-order valence-corrected chi connectivity index (χ3v) is 1.28. The molecular formula is C5H7N3O2. The average molecular weight is 141 g/mol. The van der Waals surface area contributed by atoms with Gasteiger partial charge in [0.2, 0.25) is 6.20 Å². The van der Waals surface area contributed by atoms with Crippen LogP contribution in [0, 0.1) is 17.3 Å². The first kappa shape index (κ1) is 6.60. The topological polar surface area (TPSA) is 79.9 Å². The van der Waals surface area contributed by atoms with E-state index in [0.717, 1.165) is 12.4 Å². The Morgan fingerprint density at radius 3 is 2.30 bits per heavy atom. The molecule has 0 saturated carbocycles. The molecule has 54 valence electrons. The van der Waals surface area contributed by atoms with E-state index in [2.05, 4.69) is 0 Å². The van der Waals surface area contributed by atoms with Gasteiger partial charge in [0.15, 0.2) is 6.20 Å². The third-order valence-electron chi connectivity index (χ3n) is 1.28. The largest absolute Gasteiger partial charge is 0.710 e. The second-order valence-electron chi connectivity index (χ2n) is 1.92. The zero-order chi connectivity index (χ0) is 7.72. The molecule has 0 unspecified atom stereocenters. The van der Waals surface area contributed by atoms with Crippen LogP contribution in [-0.2, 0) is 0 Å².